The summed E-state index contributed by atoms with van der Waals surface area (Å²) in [4.78, 5) is 19.5. The molecule has 3 nitrogen and oxygen atoms in total. The molecule has 0 bridgehead atoms. The fraction of sp³-hybridized carbons (Fsp3) is 0.176. The van der Waals surface area contributed by atoms with Crippen molar-refractivity contribution in [1.82, 2.24) is 9.97 Å². The van der Waals surface area contributed by atoms with Gasteiger partial charge < -0.3 is 4.98 Å². The van der Waals surface area contributed by atoms with Crippen LogP contribution < -0.4 is 0 Å². The Kier molecular flexibility index (Phi) is 3.33. The number of rotatable bonds is 4. The molecule has 0 amide bonds. The normalized spacial score (nSPS) is 10.8. The fourth-order valence-electron chi connectivity index (χ4n) is 2.58. The van der Waals surface area contributed by atoms with E-state index in [0.29, 0.717) is 6.42 Å². The third-order valence-electron chi connectivity index (χ3n) is 3.63. The van der Waals surface area contributed by atoms with E-state index in [-0.39, 0.29) is 5.78 Å². The van der Waals surface area contributed by atoms with Crippen LogP contribution in [0.25, 0.3) is 10.9 Å². The molecule has 0 aliphatic rings. The summed E-state index contributed by atoms with van der Waals surface area (Å²) in [6.07, 6.45) is 4.60. The van der Waals surface area contributed by atoms with Crippen LogP contribution in [-0.2, 0) is 6.42 Å². The highest BCUT2D eigenvalue weighted by atomic mass is 16.1. The Balaban J connectivity index is 1.81. The van der Waals surface area contributed by atoms with Crippen molar-refractivity contribution in [3.63, 3.8) is 0 Å². The lowest BCUT2D eigenvalue weighted by atomic mass is 10.0. The number of aromatic amines is 1. The molecule has 100 valence electrons. The first-order valence-electron chi connectivity index (χ1n) is 6.75. The molecule has 20 heavy (non-hydrogen) atoms. The molecule has 0 aliphatic heterocycles. The van der Waals surface area contributed by atoms with Gasteiger partial charge in [-0.2, -0.15) is 0 Å². The van der Waals surface area contributed by atoms with Crippen LogP contribution in [0.3, 0.4) is 0 Å². The molecule has 2 heterocycles. The minimum absolute atomic E-state index is 0.164. The number of carbonyl (C=O) groups excluding carboxylic acids is 1. The Bertz CT molecular complexity index is 744. The van der Waals surface area contributed by atoms with Crippen molar-refractivity contribution in [3.05, 3.63) is 65.6 Å². The van der Waals surface area contributed by atoms with Crippen molar-refractivity contribution in [3.8, 4) is 0 Å². The van der Waals surface area contributed by atoms with E-state index in [1.54, 1.807) is 24.5 Å². The molecule has 2 aromatic heterocycles. The van der Waals surface area contributed by atoms with Gasteiger partial charge in [-0.15, -0.1) is 0 Å². The Morgan fingerprint density at radius 1 is 1.15 bits per heavy atom. The second-order valence-corrected chi connectivity index (χ2v) is 4.93. The number of benzene rings is 1. The number of nitrogens with one attached hydrogen (secondary N) is 1. The number of H-pyrrole nitrogens is 1. The van der Waals surface area contributed by atoms with E-state index in [1.807, 2.05) is 12.1 Å². The second-order valence-electron chi connectivity index (χ2n) is 4.93. The standard InChI is InChI=1S/C17H16N2O/c1-12-14(15-4-2-3-5-16(15)19-12)6-7-17(20)13-8-10-18-11-9-13/h2-5,8-11,19H,6-7H2,1H3. The Labute approximate surface area is 117 Å². The van der Waals surface area contributed by atoms with Gasteiger partial charge in [-0.3, -0.25) is 9.78 Å². The number of para-hydroxylation sites is 1. The van der Waals surface area contributed by atoms with E-state index in [0.717, 1.165) is 23.2 Å². The van der Waals surface area contributed by atoms with Gasteiger partial charge in [-0.05, 0) is 37.1 Å². The van der Waals surface area contributed by atoms with E-state index >= 15 is 0 Å². The molecule has 3 heteroatoms. The number of hydrogen-bond acceptors (Lipinski definition) is 2. The van der Waals surface area contributed by atoms with E-state index in [4.69, 9.17) is 0 Å². The highest BCUT2D eigenvalue weighted by Gasteiger charge is 2.11. The molecule has 0 saturated heterocycles. The van der Waals surface area contributed by atoms with Gasteiger partial charge in [-0.25, -0.2) is 0 Å². The summed E-state index contributed by atoms with van der Waals surface area (Å²) in [6, 6.07) is 11.8. The van der Waals surface area contributed by atoms with Crippen molar-refractivity contribution >= 4 is 16.7 Å². The van der Waals surface area contributed by atoms with Gasteiger partial charge in [-0.1, -0.05) is 18.2 Å². The number of Topliss-reactive ketones (excluding diaryl/α,β-unsaturated/α-hetero) is 1. The molecule has 0 aliphatic carbocycles. The number of nitrogens with zero attached hydrogens (tertiary/aromatic N) is 1. The molecule has 0 atom stereocenters. The molecule has 0 unspecified atom stereocenters. The third-order valence-corrected chi connectivity index (χ3v) is 3.63. The average Bonchev–Trinajstić information content (AvgIpc) is 2.81. The largest absolute Gasteiger partial charge is 0.358 e. The van der Waals surface area contributed by atoms with Crippen LogP contribution in [0.1, 0.15) is 28.0 Å². The van der Waals surface area contributed by atoms with Crippen LogP contribution in [0.15, 0.2) is 48.8 Å². The summed E-state index contributed by atoms with van der Waals surface area (Å²) in [5, 5.41) is 1.22. The molecule has 0 saturated carbocycles. The smallest absolute Gasteiger partial charge is 0.163 e. The summed E-state index contributed by atoms with van der Waals surface area (Å²) in [7, 11) is 0. The Morgan fingerprint density at radius 2 is 1.90 bits per heavy atom. The zero-order chi connectivity index (χ0) is 13.9. The maximum atomic E-state index is 12.1. The maximum Gasteiger partial charge on any atom is 0.163 e. The topological polar surface area (TPSA) is 45.8 Å². The van der Waals surface area contributed by atoms with Crippen LogP contribution in [0.2, 0.25) is 0 Å². The number of fused-ring (bicyclic) bond motifs is 1. The number of pyridine rings is 1. The molecular weight excluding hydrogens is 248 g/mol. The zero-order valence-electron chi connectivity index (χ0n) is 11.4. The van der Waals surface area contributed by atoms with Gasteiger partial charge in [0.2, 0.25) is 0 Å². The van der Waals surface area contributed by atoms with Crippen molar-refractivity contribution in [2.75, 3.05) is 0 Å². The molecular formula is C17H16N2O. The lowest BCUT2D eigenvalue weighted by Crippen LogP contribution is -2.01. The first kappa shape index (κ1) is 12.6. The molecule has 1 aromatic carbocycles. The average molecular weight is 264 g/mol. The van der Waals surface area contributed by atoms with Crippen LogP contribution in [0, 0.1) is 6.92 Å². The highest BCUT2D eigenvalue weighted by molar-refractivity contribution is 5.96. The van der Waals surface area contributed by atoms with E-state index in [2.05, 4.69) is 29.0 Å². The minimum Gasteiger partial charge on any atom is -0.358 e. The summed E-state index contributed by atoms with van der Waals surface area (Å²) < 4.78 is 0. The molecule has 0 spiro atoms. The van der Waals surface area contributed by atoms with Crippen LogP contribution in [-0.4, -0.2) is 15.8 Å². The summed E-state index contributed by atoms with van der Waals surface area (Å²) in [5.41, 5.74) is 4.26. The predicted octanol–water partition coefficient (Wildman–Crippen LogP) is 3.69. The number of carbonyl (C=O) groups is 1. The van der Waals surface area contributed by atoms with Gasteiger partial charge in [0, 0.05) is 41.0 Å². The van der Waals surface area contributed by atoms with Crippen LogP contribution >= 0.6 is 0 Å². The molecule has 0 fully saturated rings. The summed E-state index contributed by atoms with van der Waals surface area (Å²) in [6.45, 7) is 2.06. The first-order valence-corrected chi connectivity index (χ1v) is 6.75. The second kappa shape index (κ2) is 5.29. The first-order chi connectivity index (χ1) is 9.75. The van der Waals surface area contributed by atoms with Gasteiger partial charge in [0.1, 0.15) is 0 Å². The summed E-state index contributed by atoms with van der Waals surface area (Å²) >= 11 is 0. The highest BCUT2D eigenvalue weighted by Crippen LogP contribution is 2.23. The van der Waals surface area contributed by atoms with Gasteiger partial charge >= 0.3 is 0 Å². The van der Waals surface area contributed by atoms with Gasteiger partial charge in [0.15, 0.2) is 5.78 Å². The fourth-order valence-corrected chi connectivity index (χ4v) is 2.58. The van der Waals surface area contributed by atoms with Crippen molar-refractivity contribution in [2.45, 2.75) is 19.8 Å². The van der Waals surface area contributed by atoms with E-state index < -0.39 is 0 Å². The minimum atomic E-state index is 0.164. The predicted molar refractivity (Wildman–Crippen MR) is 79.9 cm³/mol. The van der Waals surface area contributed by atoms with Crippen molar-refractivity contribution < 1.29 is 4.79 Å². The zero-order valence-corrected chi connectivity index (χ0v) is 11.4. The van der Waals surface area contributed by atoms with Gasteiger partial charge in [0.05, 0.1) is 0 Å². The lowest BCUT2D eigenvalue weighted by molar-refractivity contribution is 0.0983. The SMILES string of the molecule is Cc1[nH]c2ccccc2c1CCC(=O)c1ccncc1. The molecule has 3 rings (SSSR count). The number of ketones is 1. The summed E-state index contributed by atoms with van der Waals surface area (Å²) in [5.74, 6) is 0.164. The van der Waals surface area contributed by atoms with Crippen molar-refractivity contribution in [1.29, 1.82) is 0 Å². The third kappa shape index (κ3) is 2.35. The quantitative estimate of drug-likeness (QED) is 0.730. The maximum absolute atomic E-state index is 12.1. The lowest BCUT2D eigenvalue weighted by Gasteiger charge is -2.02. The number of aryl methyl sites for hydroxylation is 2. The molecule has 1 N–H and O–H groups in total. The van der Waals surface area contributed by atoms with Crippen LogP contribution in [0.4, 0.5) is 0 Å². The Morgan fingerprint density at radius 3 is 2.70 bits per heavy atom. The monoisotopic (exact) mass is 264 g/mol. The molecule has 0 radical (unpaired) electrons. The Hall–Kier alpha value is -2.42. The number of aromatic nitrogens is 2. The van der Waals surface area contributed by atoms with E-state index in [1.165, 1.54) is 10.9 Å². The van der Waals surface area contributed by atoms with Crippen LogP contribution in [0.5, 0.6) is 0 Å². The number of hydrogen-bond donors (Lipinski definition) is 1. The molecule has 3 aromatic rings. The van der Waals surface area contributed by atoms with Crippen molar-refractivity contribution in [2.24, 2.45) is 0 Å². The van der Waals surface area contributed by atoms with E-state index in [9.17, 15) is 4.79 Å². The van der Waals surface area contributed by atoms with Gasteiger partial charge in [0.25, 0.3) is 0 Å².